The Morgan fingerprint density at radius 3 is 2.81 bits per heavy atom. The summed E-state index contributed by atoms with van der Waals surface area (Å²) in [6.45, 7) is 4.09. The Labute approximate surface area is 124 Å². The summed E-state index contributed by atoms with van der Waals surface area (Å²) in [5.41, 5.74) is 9.29. The number of pyridine rings is 1. The predicted molar refractivity (Wildman–Crippen MR) is 84.0 cm³/mol. The number of aromatic nitrogens is 1. The Balaban J connectivity index is 2.19. The largest absolute Gasteiger partial charge is 0.322 e. The molecule has 0 fully saturated rings. The molecule has 0 aliphatic carbocycles. The molecule has 106 valence electrons. The number of hydrogen-bond donors (Lipinski definition) is 2. The van der Waals surface area contributed by atoms with E-state index in [1.54, 1.807) is 18.3 Å². The van der Waals surface area contributed by atoms with Crippen molar-refractivity contribution >= 4 is 11.6 Å². The van der Waals surface area contributed by atoms with Crippen molar-refractivity contribution in [2.45, 2.75) is 13.8 Å². The number of nitrogens with zero attached hydrogens (tertiary/aromatic N) is 1. The number of amides is 1. The number of nitrogens with two attached hydrogens (primary N) is 1. The molecule has 1 aromatic carbocycles. The van der Waals surface area contributed by atoms with E-state index in [1.807, 2.05) is 32.0 Å². The van der Waals surface area contributed by atoms with Crippen LogP contribution in [0, 0.1) is 25.7 Å². The average molecular weight is 279 g/mol. The summed E-state index contributed by atoms with van der Waals surface area (Å²) in [6.07, 6.45) is 1.67. The van der Waals surface area contributed by atoms with E-state index in [-0.39, 0.29) is 5.91 Å². The van der Waals surface area contributed by atoms with Gasteiger partial charge in [-0.3, -0.25) is 9.78 Å². The van der Waals surface area contributed by atoms with Gasteiger partial charge in [-0.1, -0.05) is 11.8 Å². The highest BCUT2D eigenvalue weighted by atomic mass is 16.1. The van der Waals surface area contributed by atoms with Gasteiger partial charge in [-0.2, -0.15) is 0 Å². The fourth-order valence-corrected chi connectivity index (χ4v) is 1.95. The molecule has 0 atom stereocenters. The molecule has 0 saturated carbocycles. The first-order valence-electron chi connectivity index (χ1n) is 6.64. The molecule has 0 bridgehead atoms. The first-order chi connectivity index (χ1) is 10.1. The van der Waals surface area contributed by atoms with Crippen LogP contribution in [0.4, 0.5) is 5.69 Å². The SMILES string of the molecule is Cc1cc(NC(=O)c2cccnc2C)ccc1C#CCN. The summed E-state index contributed by atoms with van der Waals surface area (Å²) in [4.78, 5) is 16.3. The Morgan fingerprint density at radius 2 is 2.14 bits per heavy atom. The van der Waals surface area contributed by atoms with E-state index >= 15 is 0 Å². The zero-order chi connectivity index (χ0) is 15.2. The lowest BCUT2D eigenvalue weighted by Crippen LogP contribution is -2.14. The minimum absolute atomic E-state index is 0.166. The zero-order valence-electron chi connectivity index (χ0n) is 12.1. The molecule has 1 amide bonds. The molecule has 0 aliphatic heterocycles. The van der Waals surface area contributed by atoms with Crippen molar-refractivity contribution in [3.05, 3.63) is 58.9 Å². The van der Waals surface area contributed by atoms with Gasteiger partial charge in [0.2, 0.25) is 0 Å². The van der Waals surface area contributed by atoms with Crippen molar-refractivity contribution in [3.63, 3.8) is 0 Å². The second kappa shape index (κ2) is 6.69. The fourth-order valence-electron chi connectivity index (χ4n) is 1.95. The van der Waals surface area contributed by atoms with Crippen molar-refractivity contribution in [2.24, 2.45) is 5.73 Å². The lowest BCUT2D eigenvalue weighted by atomic mass is 10.1. The second-order valence-electron chi connectivity index (χ2n) is 4.63. The van der Waals surface area contributed by atoms with Gasteiger partial charge in [0.05, 0.1) is 12.1 Å². The van der Waals surface area contributed by atoms with E-state index in [0.29, 0.717) is 17.8 Å². The van der Waals surface area contributed by atoms with Gasteiger partial charge < -0.3 is 11.1 Å². The van der Waals surface area contributed by atoms with Gasteiger partial charge in [-0.05, 0) is 49.7 Å². The number of carbonyl (C=O) groups is 1. The Kier molecular flexibility index (Phi) is 4.70. The molecule has 0 spiro atoms. The summed E-state index contributed by atoms with van der Waals surface area (Å²) >= 11 is 0. The molecule has 4 nitrogen and oxygen atoms in total. The molecule has 0 aliphatic rings. The molecular weight excluding hydrogens is 262 g/mol. The number of benzene rings is 1. The van der Waals surface area contributed by atoms with E-state index in [9.17, 15) is 4.79 Å². The van der Waals surface area contributed by atoms with Crippen molar-refractivity contribution in [3.8, 4) is 11.8 Å². The lowest BCUT2D eigenvalue weighted by Gasteiger charge is -2.08. The van der Waals surface area contributed by atoms with Crippen LogP contribution in [0.5, 0.6) is 0 Å². The number of hydrogen-bond acceptors (Lipinski definition) is 3. The molecule has 0 unspecified atom stereocenters. The summed E-state index contributed by atoms with van der Waals surface area (Å²) in [5.74, 6) is 5.65. The molecule has 2 rings (SSSR count). The predicted octanol–water partition coefficient (Wildman–Crippen LogP) is 2.26. The van der Waals surface area contributed by atoms with Crippen LogP contribution in [0.3, 0.4) is 0 Å². The van der Waals surface area contributed by atoms with Gasteiger partial charge in [0.15, 0.2) is 0 Å². The van der Waals surface area contributed by atoms with Crippen molar-refractivity contribution < 1.29 is 4.79 Å². The number of rotatable bonds is 2. The molecular formula is C17H17N3O. The molecule has 21 heavy (non-hydrogen) atoms. The molecule has 1 heterocycles. The highest BCUT2D eigenvalue weighted by Crippen LogP contribution is 2.16. The quantitative estimate of drug-likeness (QED) is 0.829. The van der Waals surface area contributed by atoms with Crippen molar-refractivity contribution in [1.29, 1.82) is 0 Å². The molecule has 3 N–H and O–H groups in total. The Bertz CT molecular complexity index is 726. The molecule has 1 aromatic heterocycles. The maximum Gasteiger partial charge on any atom is 0.257 e. The molecule has 0 radical (unpaired) electrons. The van der Waals surface area contributed by atoms with E-state index in [1.165, 1.54) is 0 Å². The van der Waals surface area contributed by atoms with Crippen LogP contribution in [0.25, 0.3) is 0 Å². The molecule has 4 heteroatoms. The van der Waals surface area contributed by atoms with Gasteiger partial charge in [0.25, 0.3) is 5.91 Å². The lowest BCUT2D eigenvalue weighted by molar-refractivity contribution is 0.102. The summed E-state index contributed by atoms with van der Waals surface area (Å²) in [6, 6.07) is 9.11. The van der Waals surface area contributed by atoms with Crippen LogP contribution >= 0.6 is 0 Å². The van der Waals surface area contributed by atoms with Gasteiger partial charge >= 0.3 is 0 Å². The number of anilines is 1. The monoisotopic (exact) mass is 279 g/mol. The third kappa shape index (κ3) is 3.68. The highest BCUT2D eigenvalue weighted by molar-refractivity contribution is 6.05. The smallest absolute Gasteiger partial charge is 0.257 e. The number of nitrogens with one attached hydrogen (secondary N) is 1. The third-order valence-corrected chi connectivity index (χ3v) is 3.06. The van der Waals surface area contributed by atoms with Crippen LogP contribution < -0.4 is 11.1 Å². The topological polar surface area (TPSA) is 68.0 Å². The average Bonchev–Trinajstić information content (AvgIpc) is 2.47. The van der Waals surface area contributed by atoms with Crippen LogP contribution in [0.2, 0.25) is 0 Å². The Hall–Kier alpha value is -2.64. The van der Waals surface area contributed by atoms with Crippen molar-refractivity contribution in [2.75, 3.05) is 11.9 Å². The summed E-state index contributed by atoms with van der Waals surface area (Å²) in [5, 5.41) is 2.87. The normalized spacial score (nSPS) is 9.67. The first-order valence-corrected chi connectivity index (χ1v) is 6.64. The summed E-state index contributed by atoms with van der Waals surface area (Å²) in [7, 11) is 0. The zero-order valence-corrected chi connectivity index (χ0v) is 12.1. The van der Waals surface area contributed by atoms with Crippen LogP contribution in [0.15, 0.2) is 36.5 Å². The van der Waals surface area contributed by atoms with E-state index in [0.717, 1.165) is 16.8 Å². The fraction of sp³-hybridized carbons (Fsp3) is 0.176. The first kappa shape index (κ1) is 14.8. The minimum atomic E-state index is -0.166. The van der Waals surface area contributed by atoms with E-state index in [4.69, 9.17) is 5.73 Å². The van der Waals surface area contributed by atoms with Gasteiger partial charge in [0.1, 0.15) is 0 Å². The van der Waals surface area contributed by atoms with Crippen LogP contribution in [-0.2, 0) is 0 Å². The third-order valence-electron chi connectivity index (χ3n) is 3.06. The van der Waals surface area contributed by atoms with E-state index < -0.39 is 0 Å². The number of aryl methyl sites for hydroxylation is 2. The van der Waals surface area contributed by atoms with Gasteiger partial charge in [-0.15, -0.1) is 0 Å². The summed E-state index contributed by atoms with van der Waals surface area (Å²) < 4.78 is 0. The standard InChI is InChI=1S/C17H17N3O/c1-12-11-15(8-7-14(12)5-3-9-18)20-17(21)16-6-4-10-19-13(16)2/h4,6-8,10-11H,9,18H2,1-2H3,(H,20,21). The van der Waals surface area contributed by atoms with E-state index in [2.05, 4.69) is 22.1 Å². The Morgan fingerprint density at radius 1 is 1.33 bits per heavy atom. The molecule has 2 aromatic rings. The van der Waals surface area contributed by atoms with Crippen molar-refractivity contribution in [1.82, 2.24) is 4.98 Å². The second-order valence-corrected chi connectivity index (χ2v) is 4.63. The number of carbonyl (C=O) groups excluding carboxylic acids is 1. The van der Waals surface area contributed by atoms with Gasteiger partial charge in [0, 0.05) is 23.1 Å². The highest BCUT2D eigenvalue weighted by Gasteiger charge is 2.09. The van der Waals surface area contributed by atoms with Crippen LogP contribution in [0.1, 0.15) is 27.2 Å². The van der Waals surface area contributed by atoms with Gasteiger partial charge in [-0.25, -0.2) is 0 Å². The van der Waals surface area contributed by atoms with Crippen LogP contribution in [-0.4, -0.2) is 17.4 Å². The maximum atomic E-state index is 12.2. The maximum absolute atomic E-state index is 12.2. The molecule has 0 saturated heterocycles. The minimum Gasteiger partial charge on any atom is -0.322 e.